The van der Waals surface area contributed by atoms with Gasteiger partial charge in [0.1, 0.15) is 17.3 Å². The highest BCUT2D eigenvalue weighted by Gasteiger charge is 2.26. The molecule has 10 heteroatoms. The van der Waals surface area contributed by atoms with Gasteiger partial charge in [-0.3, -0.25) is 19.4 Å². The molecule has 0 fully saturated rings. The number of esters is 1. The Morgan fingerprint density at radius 3 is 2.45 bits per heavy atom. The monoisotopic (exact) mass is 519 g/mol. The fourth-order valence-electron chi connectivity index (χ4n) is 2.75. The number of benzene rings is 1. The lowest BCUT2D eigenvalue weighted by Gasteiger charge is -2.23. The summed E-state index contributed by atoms with van der Waals surface area (Å²) in [5.74, 6) is -1.55. The van der Waals surface area contributed by atoms with Gasteiger partial charge in [-0.25, -0.2) is 4.79 Å². The van der Waals surface area contributed by atoms with Gasteiger partial charge < -0.3 is 20.1 Å². The molecule has 1 heterocycles. The molecule has 0 saturated carbocycles. The zero-order valence-electron chi connectivity index (χ0n) is 18.8. The van der Waals surface area contributed by atoms with Crippen LogP contribution in [0.1, 0.15) is 49.7 Å². The highest BCUT2D eigenvalue weighted by Crippen LogP contribution is 2.24. The summed E-state index contributed by atoms with van der Waals surface area (Å²) in [5.41, 5.74) is -0.130. The molecule has 0 aliphatic carbocycles. The summed E-state index contributed by atoms with van der Waals surface area (Å²) < 4.78 is 10.5. The van der Waals surface area contributed by atoms with E-state index in [0.29, 0.717) is 4.47 Å². The molecule has 2 N–H and O–H groups in total. The summed E-state index contributed by atoms with van der Waals surface area (Å²) in [7, 11) is 1.23. The van der Waals surface area contributed by atoms with Gasteiger partial charge in [0.15, 0.2) is 0 Å². The van der Waals surface area contributed by atoms with E-state index in [2.05, 4.69) is 36.3 Å². The Kier molecular flexibility index (Phi) is 9.10. The molecule has 0 bridgehead atoms. The fraction of sp³-hybridized carbons (Fsp3) is 0.348. The Bertz CT molecular complexity index is 1020. The lowest BCUT2D eigenvalue weighted by Crippen LogP contribution is -2.46. The second-order valence-electron chi connectivity index (χ2n) is 8.04. The maximum Gasteiger partial charge on any atom is 0.408 e. The fourth-order valence-corrected chi connectivity index (χ4v) is 3.11. The zero-order chi connectivity index (χ0) is 24.6. The summed E-state index contributed by atoms with van der Waals surface area (Å²) in [6.07, 6.45) is 0.548. The van der Waals surface area contributed by atoms with E-state index in [4.69, 9.17) is 4.74 Å². The maximum absolute atomic E-state index is 13.0. The van der Waals surface area contributed by atoms with E-state index in [-0.39, 0.29) is 29.8 Å². The van der Waals surface area contributed by atoms with Gasteiger partial charge in [0.2, 0.25) is 11.7 Å². The molecule has 2 amide bonds. The number of hydrogen-bond donors (Lipinski definition) is 2. The first kappa shape index (κ1) is 26.0. The number of nitrogens with one attached hydrogen (secondary N) is 2. The van der Waals surface area contributed by atoms with Crippen molar-refractivity contribution in [3.8, 4) is 0 Å². The number of anilines is 1. The Labute approximate surface area is 200 Å². The molecule has 0 saturated heterocycles. The number of methoxy groups -OCH3 is 1. The first-order chi connectivity index (χ1) is 15.5. The second-order valence-corrected chi connectivity index (χ2v) is 8.95. The van der Waals surface area contributed by atoms with Gasteiger partial charge in [-0.2, -0.15) is 0 Å². The topological polar surface area (TPSA) is 124 Å². The molecule has 9 nitrogen and oxygen atoms in total. The number of alkyl carbamates (subject to hydrolysis) is 1. The second kappa shape index (κ2) is 11.6. The summed E-state index contributed by atoms with van der Waals surface area (Å²) in [6, 6.07) is 8.62. The van der Waals surface area contributed by atoms with Crippen molar-refractivity contribution < 1.29 is 28.7 Å². The number of rotatable bonds is 8. The van der Waals surface area contributed by atoms with Crippen LogP contribution in [0.25, 0.3) is 0 Å². The average molecular weight is 520 g/mol. The molecule has 2 rings (SSSR count). The minimum absolute atomic E-state index is 0.0300. The molecule has 0 aliphatic heterocycles. The Morgan fingerprint density at radius 1 is 1.12 bits per heavy atom. The Hall–Kier alpha value is -3.27. The molecule has 1 aromatic heterocycles. The van der Waals surface area contributed by atoms with E-state index in [1.54, 1.807) is 57.2 Å². The van der Waals surface area contributed by atoms with Crippen molar-refractivity contribution in [2.75, 3.05) is 12.4 Å². The lowest BCUT2D eigenvalue weighted by atomic mass is 10.0. The Balaban J connectivity index is 2.27. The largest absolute Gasteiger partial charge is 0.469 e. The molecule has 0 aliphatic rings. The van der Waals surface area contributed by atoms with Crippen molar-refractivity contribution in [2.24, 2.45) is 0 Å². The third-order valence-corrected chi connectivity index (χ3v) is 4.75. The van der Waals surface area contributed by atoms with E-state index in [1.165, 1.54) is 13.3 Å². The zero-order valence-corrected chi connectivity index (χ0v) is 20.4. The smallest absolute Gasteiger partial charge is 0.408 e. The van der Waals surface area contributed by atoms with Crippen LogP contribution in [-0.4, -0.2) is 47.5 Å². The highest BCUT2D eigenvalue weighted by molar-refractivity contribution is 9.10. The number of halogens is 1. The molecule has 1 unspecified atom stereocenters. The van der Waals surface area contributed by atoms with Gasteiger partial charge in [-0.1, -0.05) is 22.0 Å². The highest BCUT2D eigenvalue weighted by atomic mass is 79.9. The van der Waals surface area contributed by atoms with Crippen LogP contribution in [0.2, 0.25) is 0 Å². The number of carbonyl (C=O) groups is 4. The number of aromatic nitrogens is 1. The van der Waals surface area contributed by atoms with Gasteiger partial charge in [-0.15, -0.1) is 0 Å². The standard InChI is InChI=1S/C23H26BrN3O6/c1-23(2,3)33-22(31)27-18(10-11-19(28)32-4)21(30)26-16-9-8-14(24)13-15(16)20(29)17-7-5-6-12-25-17/h5-9,12-13,18H,10-11H2,1-4H3,(H,26,30)(H,27,31). The van der Waals surface area contributed by atoms with Crippen LogP contribution in [-0.2, 0) is 19.1 Å². The van der Waals surface area contributed by atoms with Crippen molar-refractivity contribution in [3.63, 3.8) is 0 Å². The van der Waals surface area contributed by atoms with Gasteiger partial charge >= 0.3 is 12.1 Å². The summed E-state index contributed by atoms with van der Waals surface area (Å²) in [6.45, 7) is 5.06. The van der Waals surface area contributed by atoms with Gasteiger partial charge in [0.05, 0.1) is 12.8 Å². The van der Waals surface area contributed by atoms with Crippen molar-refractivity contribution in [1.82, 2.24) is 10.3 Å². The quantitative estimate of drug-likeness (QED) is 0.400. The molecule has 176 valence electrons. The minimum Gasteiger partial charge on any atom is -0.469 e. The normalized spacial score (nSPS) is 11.8. The van der Waals surface area contributed by atoms with E-state index in [0.717, 1.165) is 0 Å². The van der Waals surface area contributed by atoms with Crippen LogP contribution in [0.4, 0.5) is 10.5 Å². The SMILES string of the molecule is COC(=O)CCC(NC(=O)OC(C)(C)C)C(=O)Nc1ccc(Br)cc1C(=O)c1ccccn1. The Morgan fingerprint density at radius 2 is 1.85 bits per heavy atom. The van der Waals surface area contributed by atoms with E-state index in [1.807, 2.05) is 0 Å². The molecule has 2 aromatic rings. The molecule has 33 heavy (non-hydrogen) atoms. The number of ether oxygens (including phenoxy) is 2. The van der Waals surface area contributed by atoms with Crippen molar-refractivity contribution in [3.05, 3.63) is 58.3 Å². The van der Waals surface area contributed by atoms with E-state index < -0.39 is 35.4 Å². The molecule has 1 aromatic carbocycles. The molecule has 1 atom stereocenters. The summed E-state index contributed by atoms with van der Waals surface area (Å²) >= 11 is 3.33. The van der Waals surface area contributed by atoms with Crippen molar-refractivity contribution in [2.45, 2.75) is 45.3 Å². The van der Waals surface area contributed by atoms with Crippen LogP contribution >= 0.6 is 15.9 Å². The van der Waals surface area contributed by atoms with Crippen molar-refractivity contribution >= 4 is 45.4 Å². The number of ketones is 1. The van der Waals surface area contributed by atoms with Gasteiger partial charge in [0.25, 0.3) is 0 Å². The van der Waals surface area contributed by atoms with Crippen LogP contribution in [0.15, 0.2) is 47.1 Å². The third kappa shape index (κ3) is 8.30. The predicted octanol–water partition coefficient (Wildman–Crippen LogP) is 3.86. The van der Waals surface area contributed by atoms with Crippen LogP contribution < -0.4 is 10.6 Å². The van der Waals surface area contributed by atoms with Gasteiger partial charge in [-0.05, 0) is 57.5 Å². The van der Waals surface area contributed by atoms with E-state index >= 15 is 0 Å². The summed E-state index contributed by atoms with van der Waals surface area (Å²) in [4.78, 5) is 53.9. The number of pyridine rings is 1. The third-order valence-electron chi connectivity index (χ3n) is 4.25. The number of nitrogens with zero attached hydrogens (tertiary/aromatic N) is 1. The van der Waals surface area contributed by atoms with Crippen LogP contribution in [0, 0.1) is 0 Å². The number of amides is 2. The number of hydrogen-bond acceptors (Lipinski definition) is 7. The van der Waals surface area contributed by atoms with Crippen molar-refractivity contribution in [1.29, 1.82) is 0 Å². The minimum atomic E-state index is -1.11. The molecule has 0 spiro atoms. The lowest BCUT2D eigenvalue weighted by molar-refractivity contribution is -0.140. The number of carbonyl (C=O) groups excluding carboxylic acids is 4. The predicted molar refractivity (Wildman–Crippen MR) is 125 cm³/mol. The summed E-state index contributed by atoms with van der Waals surface area (Å²) in [5, 5.41) is 5.14. The first-order valence-electron chi connectivity index (χ1n) is 10.1. The maximum atomic E-state index is 13.0. The van der Waals surface area contributed by atoms with Crippen LogP contribution in [0.3, 0.4) is 0 Å². The first-order valence-corrected chi connectivity index (χ1v) is 10.9. The van der Waals surface area contributed by atoms with E-state index in [9.17, 15) is 19.2 Å². The average Bonchev–Trinajstić information content (AvgIpc) is 2.76. The van der Waals surface area contributed by atoms with Crippen LogP contribution in [0.5, 0.6) is 0 Å². The molecular weight excluding hydrogens is 494 g/mol. The molecular formula is C23H26BrN3O6. The van der Waals surface area contributed by atoms with Gasteiger partial charge in [0, 0.05) is 22.7 Å². The molecule has 0 radical (unpaired) electrons.